The van der Waals surface area contributed by atoms with Gasteiger partial charge in [0.05, 0.1) is 6.54 Å². The molecule has 2 aromatic carbocycles. The van der Waals surface area contributed by atoms with E-state index in [1.165, 1.54) is 0 Å². The Labute approximate surface area is 121 Å². The van der Waals surface area contributed by atoms with Gasteiger partial charge in [-0.1, -0.05) is 48.5 Å². The molecule has 0 spiro atoms. The Balaban J connectivity index is 1.90. The fourth-order valence-corrected chi connectivity index (χ4v) is 2.79. The van der Waals surface area contributed by atoms with Crippen molar-refractivity contribution in [3.63, 3.8) is 0 Å². The molecule has 0 saturated carbocycles. The number of hydrogen-bond donors (Lipinski definition) is 1. The van der Waals surface area contributed by atoms with Crippen molar-refractivity contribution < 1.29 is 0 Å². The third kappa shape index (κ3) is 1.94. The molecule has 4 rings (SSSR count). The van der Waals surface area contributed by atoms with Crippen molar-refractivity contribution >= 4 is 21.8 Å². The molecule has 0 radical (unpaired) electrons. The molecule has 21 heavy (non-hydrogen) atoms. The summed E-state index contributed by atoms with van der Waals surface area (Å²) in [6, 6.07) is 20.0. The van der Waals surface area contributed by atoms with Crippen LogP contribution in [0.4, 0.5) is 0 Å². The summed E-state index contributed by atoms with van der Waals surface area (Å²) < 4.78 is 1.74. The predicted molar refractivity (Wildman–Crippen MR) is 85.6 cm³/mol. The number of pyridine rings is 1. The highest BCUT2D eigenvalue weighted by atomic mass is 16.1. The normalized spacial score (nSPS) is 11.2. The predicted octanol–water partition coefficient (Wildman–Crippen LogP) is 3.53. The standard InChI is InChI=1S/C18H14N2O/c21-18-17-15(14-8-4-5-9-16(14)19-17)10-11-20(18)12-13-6-2-1-3-7-13/h1-11,19H,12H2. The highest BCUT2D eigenvalue weighted by Gasteiger charge is 2.08. The van der Waals surface area contributed by atoms with E-state index in [2.05, 4.69) is 4.98 Å². The molecule has 0 saturated heterocycles. The minimum Gasteiger partial charge on any atom is -0.350 e. The maximum absolute atomic E-state index is 12.6. The molecule has 4 aromatic rings. The van der Waals surface area contributed by atoms with Crippen LogP contribution in [0.2, 0.25) is 0 Å². The minimum atomic E-state index is 0.0209. The highest BCUT2D eigenvalue weighted by molar-refractivity contribution is 6.06. The van der Waals surface area contributed by atoms with Crippen molar-refractivity contribution in [2.75, 3.05) is 0 Å². The fourth-order valence-electron chi connectivity index (χ4n) is 2.79. The zero-order chi connectivity index (χ0) is 14.2. The van der Waals surface area contributed by atoms with Crippen molar-refractivity contribution in [3.8, 4) is 0 Å². The molecule has 102 valence electrons. The molecule has 0 unspecified atom stereocenters. The summed E-state index contributed by atoms with van der Waals surface area (Å²) >= 11 is 0. The average Bonchev–Trinajstić information content (AvgIpc) is 2.91. The number of aromatic nitrogens is 2. The van der Waals surface area contributed by atoms with E-state index in [1.54, 1.807) is 4.57 Å². The maximum Gasteiger partial charge on any atom is 0.275 e. The smallest absolute Gasteiger partial charge is 0.275 e. The fraction of sp³-hybridized carbons (Fsp3) is 0.0556. The quantitative estimate of drug-likeness (QED) is 0.596. The van der Waals surface area contributed by atoms with E-state index in [0.29, 0.717) is 12.1 Å². The van der Waals surface area contributed by atoms with E-state index >= 15 is 0 Å². The molecule has 0 aliphatic rings. The van der Waals surface area contributed by atoms with E-state index in [9.17, 15) is 4.79 Å². The second kappa shape index (κ2) is 4.63. The number of nitrogens with zero attached hydrogens (tertiary/aromatic N) is 1. The third-order valence-electron chi connectivity index (χ3n) is 3.84. The molecule has 3 nitrogen and oxygen atoms in total. The molecule has 0 fully saturated rings. The Bertz CT molecular complexity index is 980. The van der Waals surface area contributed by atoms with E-state index < -0.39 is 0 Å². The lowest BCUT2D eigenvalue weighted by atomic mass is 10.2. The van der Waals surface area contributed by atoms with Crippen LogP contribution in [0.3, 0.4) is 0 Å². The summed E-state index contributed by atoms with van der Waals surface area (Å²) in [7, 11) is 0. The Hall–Kier alpha value is -2.81. The number of aromatic amines is 1. The number of nitrogens with one attached hydrogen (secondary N) is 1. The lowest BCUT2D eigenvalue weighted by Crippen LogP contribution is -2.20. The first-order chi connectivity index (χ1) is 10.3. The average molecular weight is 274 g/mol. The number of para-hydroxylation sites is 1. The van der Waals surface area contributed by atoms with Crippen LogP contribution in [-0.2, 0) is 6.54 Å². The van der Waals surface area contributed by atoms with Crippen LogP contribution in [-0.4, -0.2) is 9.55 Å². The van der Waals surface area contributed by atoms with Gasteiger partial charge in [0.25, 0.3) is 5.56 Å². The van der Waals surface area contributed by atoms with Gasteiger partial charge in [0.1, 0.15) is 5.52 Å². The van der Waals surface area contributed by atoms with Crippen molar-refractivity contribution in [3.05, 3.63) is 82.8 Å². The van der Waals surface area contributed by atoms with Gasteiger partial charge in [-0.25, -0.2) is 0 Å². The molecule has 1 N–H and O–H groups in total. The molecule has 0 bridgehead atoms. The van der Waals surface area contributed by atoms with Gasteiger partial charge in [0.15, 0.2) is 0 Å². The van der Waals surface area contributed by atoms with Crippen LogP contribution in [0.25, 0.3) is 21.8 Å². The van der Waals surface area contributed by atoms with E-state index in [1.807, 2.05) is 66.9 Å². The Morgan fingerprint density at radius 3 is 2.48 bits per heavy atom. The number of hydrogen-bond acceptors (Lipinski definition) is 1. The summed E-state index contributed by atoms with van der Waals surface area (Å²) in [6.45, 7) is 0.588. The van der Waals surface area contributed by atoms with Gasteiger partial charge in [0.2, 0.25) is 0 Å². The monoisotopic (exact) mass is 274 g/mol. The first-order valence-corrected chi connectivity index (χ1v) is 6.97. The van der Waals surface area contributed by atoms with Gasteiger partial charge < -0.3 is 9.55 Å². The summed E-state index contributed by atoms with van der Waals surface area (Å²) in [5.41, 5.74) is 2.82. The third-order valence-corrected chi connectivity index (χ3v) is 3.84. The van der Waals surface area contributed by atoms with Crippen LogP contribution in [0.15, 0.2) is 71.7 Å². The van der Waals surface area contributed by atoms with E-state index in [-0.39, 0.29) is 5.56 Å². The Kier molecular flexibility index (Phi) is 2.64. The molecule has 0 atom stereocenters. The van der Waals surface area contributed by atoms with E-state index in [0.717, 1.165) is 21.9 Å². The second-order valence-corrected chi connectivity index (χ2v) is 5.19. The van der Waals surface area contributed by atoms with Gasteiger partial charge >= 0.3 is 0 Å². The molecule has 0 aliphatic carbocycles. The number of benzene rings is 2. The maximum atomic E-state index is 12.6. The van der Waals surface area contributed by atoms with Crippen LogP contribution < -0.4 is 5.56 Å². The van der Waals surface area contributed by atoms with E-state index in [4.69, 9.17) is 0 Å². The molecule has 0 aliphatic heterocycles. The lowest BCUT2D eigenvalue weighted by Gasteiger charge is -2.05. The molecule has 0 amide bonds. The van der Waals surface area contributed by atoms with Crippen molar-refractivity contribution in [1.82, 2.24) is 9.55 Å². The van der Waals surface area contributed by atoms with Crippen LogP contribution in [0.1, 0.15) is 5.56 Å². The largest absolute Gasteiger partial charge is 0.350 e. The SMILES string of the molecule is O=c1c2[nH]c3ccccc3c2ccn1Cc1ccccc1. The summed E-state index contributed by atoms with van der Waals surface area (Å²) in [6.07, 6.45) is 1.87. The highest BCUT2D eigenvalue weighted by Crippen LogP contribution is 2.22. The Morgan fingerprint density at radius 1 is 0.857 bits per heavy atom. The first-order valence-electron chi connectivity index (χ1n) is 6.97. The summed E-state index contributed by atoms with van der Waals surface area (Å²) in [5.74, 6) is 0. The van der Waals surface area contributed by atoms with Crippen LogP contribution in [0.5, 0.6) is 0 Å². The molecule has 2 heterocycles. The lowest BCUT2D eigenvalue weighted by molar-refractivity contribution is 0.767. The van der Waals surface area contributed by atoms with Gasteiger partial charge in [-0.3, -0.25) is 4.79 Å². The van der Waals surface area contributed by atoms with Crippen LogP contribution >= 0.6 is 0 Å². The molecular weight excluding hydrogens is 260 g/mol. The number of H-pyrrole nitrogens is 1. The number of rotatable bonds is 2. The van der Waals surface area contributed by atoms with Gasteiger partial charge in [0, 0.05) is 22.5 Å². The molecule has 2 aromatic heterocycles. The van der Waals surface area contributed by atoms with Crippen molar-refractivity contribution in [2.45, 2.75) is 6.54 Å². The molecular formula is C18H14N2O. The van der Waals surface area contributed by atoms with Gasteiger partial charge in [-0.15, -0.1) is 0 Å². The minimum absolute atomic E-state index is 0.0209. The zero-order valence-electron chi connectivity index (χ0n) is 11.4. The zero-order valence-corrected chi connectivity index (χ0v) is 11.4. The number of fused-ring (bicyclic) bond motifs is 3. The topological polar surface area (TPSA) is 37.8 Å². The van der Waals surface area contributed by atoms with Crippen molar-refractivity contribution in [2.24, 2.45) is 0 Å². The van der Waals surface area contributed by atoms with Gasteiger partial charge in [-0.05, 0) is 17.7 Å². The first kappa shape index (κ1) is 12.0. The van der Waals surface area contributed by atoms with Crippen molar-refractivity contribution in [1.29, 1.82) is 0 Å². The van der Waals surface area contributed by atoms with Gasteiger partial charge in [-0.2, -0.15) is 0 Å². The van der Waals surface area contributed by atoms with Crippen LogP contribution in [0, 0.1) is 0 Å². The summed E-state index contributed by atoms with van der Waals surface area (Å²) in [4.78, 5) is 15.9. The Morgan fingerprint density at radius 2 is 1.62 bits per heavy atom. The summed E-state index contributed by atoms with van der Waals surface area (Å²) in [5, 5.41) is 2.08. The molecule has 3 heteroatoms. The second-order valence-electron chi connectivity index (χ2n) is 5.19.